The number of carbonyl (C=O) groups is 1. The molecule has 6 heteroatoms. The Hall–Kier alpha value is -1.69. The standard InChI is InChI=1S/C14H15BrN4O/c1-7-3-8(7)14(20)19-12-4-9-10(5-17-12)13(16-2)18-6-11(9)15/h4-8H,3H2,1-2H3,(H,16,18)(H,17,19,20)/i2D3. The smallest absolute Gasteiger partial charge is 0.228 e. The van der Waals surface area contributed by atoms with Gasteiger partial charge in [0.15, 0.2) is 0 Å². The van der Waals surface area contributed by atoms with Gasteiger partial charge in [0.25, 0.3) is 0 Å². The Morgan fingerprint density at radius 1 is 1.45 bits per heavy atom. The summed E-state index contributed by atoms with van der Waals surface area (Å²) in [6.07, 6.45) is 3.93. The molecule has 1 aliphatic rings. The van der Waals surface area contributed by atoms with Crippen LogP contribution in [0.1, 0.15) is 17.5 Å². The molecule has 1 aliphatic carbocycles. The van der Waals surface area contributed by atoms with Crippen LogP contribution in [-0.2, 0) is 4.79 Å². The third-order valence-corrected chi connectivity index (χ3v) is 4.17. The molecule has 2 atom stereocenters. The molecular formula is C14H15BrN4O. The van der Waals surface area contributed by atoms with Gasteiger partial charge in [0, 0.05) is 44.6 Å². The maximum Gasteiger partial charge on any atom is 0.228 e. The number of fused-ring (bicyclic) bond motifs is 1. The molecule has 2 aromatic heterocycles. The quantitative estimate of drug-likeness (QED) is 0.903. The topological polar surface area (TPSA) is 66.9 Å². The number of amides is 1. The van der Waals surface area contributed by atoms with Crippen molar-refractivity contribution in [1.29, 1.82) is 0 Å². The van der Waals surface area contributed by atoms with Gasteiger partial charge >= 0.3 is 0 Å². The van der Waals surface area contributed by atoms with E-state index in [1.165, 1.54) is 12.4 Å². The number of halogens is 1. The molecule has 3 rings (SSSR count). The fourth-order valence-corrected chi connectivity index (χ4v) is 2.61. The van der Waals surface area contributed by atoms with E-state index >= 15 is 0 Å². The van der Waals surface area contributed by atoms with E-state index < -0.39 is 6.98 Å². The van der Waals surface area contributed by atoms with Gasteiger partial charge < -0.3 is 10.6 Å². The molecule has 2 unspecified atom stereocenters. The van der Waals surface area contributed by atoms with Gasteiger partial charge in [-0.2, -0.15) is 0 Å². The van der Waals surface area contributed by atoms with Crippen LogP contribution in [0.15, 0.2) is 22.9 Å². The highest BCUT2D eigenvalue weighted by Gasteiger charge is 2.39. The first-order valence-corrected chi connectivity index (χ1v) is 7.07. The summed E-state index contributed by atoms with van der Waals surface area (Å²) in [4.78, 5) is 20.3. The average Bonchev–Trinajstić information content (AvgIpc) is 3.18. The zero-order chi connectivity index (χ0) is 16.8. The van der Waals surface area contributed by atoms with Crippen LogP contribution in [0.4, 0.5) is 11.6 Å². The van der Waals surface area contributed by atoms with Crippen LogP contribution in [0.2, 0.25) is 0 Å². The summed E-state index contributed by atoms with van der Waals surface area (Å²) in [5.74, 6) is 1.11. The number of hydrogen-bond donors (Lipinski definition) is 2. The van der Waals surface area contributed by atoms with E-state index in [1.54, 1.807) is 6.07 Å². The van der Waals surface area contributed by atoms with Crippen LogP contribution >= 0.6 is 15.9 Å². The molecule has 0 aliphatic heterocycles. The van der Waals surface area contributed by atoms with Crippen molar-refractivity contribution >= 4 is 44.2 Å². The number of nitrogens with one attached hydrogen (secondary N) is 2. The van der Waals surface area contributed by atoms with Crippen molar-refractivity contribution in [3.8, 4) is 0 Å². The highest BCUT2D eigenvalue weighted by molar-refractivity contribution is 9.10. The minimum atomic E-state index is -2.34. The van der Waals surface area contributed by atoms with Gasteiger partial charge in [0.2, 0.25) is 5.91 Å². The summed E-state index contributed by atoms with van der Waals surface area (Å²) in [6.45, 7) is -0.310. The molecule has 2 aromatic rings. The van der Waals surface area contributed by atoms with Crippen molar-refractivity contribution in [3.63, 3.8) is 0 Å². The number of pyridine rings is 2. The zero-order valence-corrected chi connectivity index (χ0v) is 12.4. The first kappa shape index (κ1) is 10.1. The number of nitrogens with zero attached hydrogens (tertiary/aromatic N) is 2. The van der Waals surface area contributed by atoms with Gasteiger partial charge in [-0.15, -0.1) is 0 Å². The molecule has 0 spiro atoms. The van der Waals surface area contributed by atoms with E-state index in [0.717, 1.165) is 11.8 Å². The minimum absolute atomic E-state index is 0.0321. The second kappa shape index (κ2) is 5.01. The monoisotopic (exact) mass is 337 g/mol. The van der Waals surface area contributed by atoms with Gasteiger partial charge in [0.05, 0.1) is 0 Å². The van der Waals surface area contributed by atoms with Crippen LogP contribution in [0.3, 0.4) is 0 Å². The maximum atomic E-state index is 12.0. The summed E-state index contributed by atoms with van der Waals surface area (Å²) in [7, 11) is 0. The summed E-state index contributed by atoms with van der Waals surface area (Å²) < 4.78 is 22.6. The van der Waals surface area contributed by atoms with Crippen LogP contribution in [0.5, 0.6) is 0 Å². The van der Waals surface area contributed by atoms with Crippen molar-refractivity contribution in [1.82, 2.24) is 9.97 Å². The molecule has 20 heavy (non-hydrogen) atoms. The van der Waals surface area contributed by atoms with E-state index in [2.05, 4.69) is 36.5 Å². The van der Waals surface area contributed by atoms with E-state index in [9.17, 15) is 4.79 Å². The van der Waals surface area contributed by atoms with Gasteiger partial charge in [-0.1, -0.05) is 6.92 Å². The molecule has 1 amide bonds. The lowest BCUT2D eigenvalue weighted by Gasteiger charge is -2.09. The number of carbonyl (C=O) groups excluding carboxylic acids is 1. The fraction of sp³-hybridized carbons (Fsp3) is 0.357. The van der Waals surface area contributed by atoms with E-state index in [-0.39, 0.29) is 17.6 Å². The third-order valence-electron chi connectivity index (χ3n) is 3.54. The SMILES string of the molecule is [2H]C([2H])([2H])Nc1ncc(Br)c2cc(NC(=O)C3CC3C)ncc12. The lowest BCUT2D eigenvalue weighted by molar-refractivity contribution is -0.117. The summed E-state index contributed by atoms with van der Waals surface area (Å²) in [6, 6.07) is 1.71. The lowest BCUT2D eigenvalue weighted by Crippen LogP contribution is -2.15. The minimum Gasteiger partial charge on any atom is -0.373 e. The molecule has 104 valence electrons. The third kappa shape index (κ3) is 2.35. The second-order valence-corrected chi connectivity index (χ2v) is 5.86. The van der Waals surface area contributed by atoms with Crippen LogP contribution in [0.25, 0.3) is 10.8 Å². The number of hydrogen-bond acceptors (Lipinski definition) is 4. The molecule has 1 fully saturated rings. The molecule has 0 bridgehead atoms. The normalized spacial score (nSPS) is 23.6. The summed E-state index contributed by atoms with van der Waals surface area (Å²) in [5.41, 5.74) is 0. The Bertz CT molecular complexity index is 780. The fourth-order valence-electron chi connectivity index (χ4n) is 2.18. The van der Waals surface area contributed by atoms with Gasteiger partial charge in [0.1, 0.15) is 11.6 Å². The molecule has 0 saturated heterocycles. The number of anilines is 2. The first-order chi connectivity index (χ1) is 10.7. The zero-order valence-electron chi connectivity index (χ0n) is 13.8. The van der Waals surface area contributed by atoms with Gasteiger partial charge in [-0.3, -0.25) is 4.79 Å². The lowest BCUT2D eigenvalue weighted by atomic mass is 10.2. The molecule has 0 radical (unpaired) electrons. The summed E-state index contributed by atoms with van der Waals surface area (Å²) in [5, 5.41) is 6.47. The Labute approximate surface area is 129 Å². The summed E-state index contributed by atoms with van der Waals surface area (Å²) >= 11 is 3.39. The highest BCUT2D eigenvalue weighted by atomic mass is 79.9. The first-order valence-electron chi connectivity index (χ1n) is 7.78. The Balaban J connectivity index is 1.93. The molecule has 5 nitrogen and oxygen atoms in total. The maximum absolute atomic E-state index is 12.0. The number of aromatic nitrogens is 2. The van der Waals surface area contributed by atoms with Crippen molar-refractivity contribution in [2.45, 2.75) is 13.3 Å². The molecule has 2 heterocycles. The molecule has 2 N–H and O–H groups in total. The Morgan fingerprint density at radius 2 is 2.25 bits per heavy atom. The molecule has 0 aromatic carbocycles. The average molecular weight is 338 g/mol. The van der Waals surface area contributed by atoms with Gasteiger partial charge in [-0.05, 0) is 34.3 Å². The van der Waals surface area contributed by atoms with E-state index in [1.807, 2.05) is 6.92 Å². The largest absolute Gasteiger partial charge is 0.373 e. The Kier molecular flexibility index (Phi) is 2.53. The predicted octanol–water partition coefficient (Wildman–Crippen LogP) is 3.03. The van der Waals surface area contributed by atoms with Crippen LogP contribution < -0.4 is 10.6 Å². The van der Waals surface area contributed by atoms with Crippen molar-refractivity contribution < 1.29 is 8.91 Å². The van der Waals surface area contributed by atoms with Gasteiger partial charge in [-0.25, -0.2) is 9.97 Å². The number of rotatable bonds is 3. The Morgan fingerprint density at radius 3 is 2.95 bits per heavy atom. The van der Waals surface area contributed by atoms with Crippen LogP contribution in [-0.4, -0.2) is 22.9 Å². The molecular weight excluding hydrogens is 320 g/mol. The van der Waals surface area contributed by atoms with E-state index in [4.69, 9.17) is 4.11 Å². The highest BCUT2D eigenvalue weighted by Crippen LogP contribution is 2.38. The van der Waals surface area contributed by atoms with Crippen molar-refractivity contribution in [2.75, 3.05) is 17.6 Å². The predicted molar refractivity (Wildman–Crippen MR) is 82.7 cm³/mol. The van der Waals surface area contributed by atoms with Crippen molar-refractivity contribution in [3.05, 3.63) is 22.9 Å². The van der Waals surface area contributed by atoms with Crippen molar-refractivity contribution in [2.24, 2.45) is 11.8 Å². The van der Waals surface area contributed by atoms with Crippen LogP contribution in [0, 0.1) is 11.8 Å². The molecule has 1 saturated carbocycles. The van der Waals surface area contributed by atoms with E-state index in [0.29, 0.717) is 21.6 Å². The second-order valence-electron chi connectivity index (χ2n) is 5.00.